The van der Waals surface area contributed by atoms with Gasteiger partial charge in [0.1, 0.15) is 0 Å². The molecule has 8 heteroatoms. The fourth-order valence-corrected chi connectivity index (χ4v) is 1.31. The van der Waals surface area contributed by atoms with Gasteiger partial charge >= 0.3 is 103 Å². The van der Waals surface area contributed by atoms with Gasteiger partial charge in [-0.3, -0.25) is 4.79 Å². The van der Waals surface area contributed by atoms with Gasteiger partial charge < -0.3 is 25.1 Å². The van der Waals surface area contributed by atoms with Gasteiger partial charge in [0.2, 0.25) is 5.91 Å². The topological polar surface area (TPSA) is 109 Å². The standard InChI is InChI=1S/C11H19NO5.2K/c1-2-3-4-5-9(13)12-8(11(16)17)6-7-10(14)15;;/h8H,2-7H2,1H3,(H,12,13)(H,14,15)(H,16,17);;/q;2*+1/p-2/t8-;;/m0../s1. The third-order valence-corrected chi connectivity index (χ3v) is 2.26. The van der Waals surface area contributed by atoms with Crippen molar-refractivity contribution in [2.24, 2.45) is 0 Å². The molecule has 0 saturated carbocycles. The van der Waals surface area contributed by atoms with Gasteiger partial charge in [-0.2, -0.15) is 0 Å². The molecule has 0 aromatic heterocycles. The molecule has 0 heterocycles. The van der Waals surface area contributed by atoms with Crippen molar-refractivity contribution in [1.82, 2.24) is 5.32 Å². The number of unbranched alkanes of at least 4 members (excludes halogenated alkanes) is 2. The van der Waals surface area contributed by atoms with Crippen LogP contribution in [-0.2, 0) is 14.4 Å². The first-order valence-corrected chi connectivity index (χ1v) is 5.67. The smallest absolute Gasteiger partial charge is 0.550 e. The van der Waals surface area contributed by atoms with E-state index in [4.69, 9.17) is 0 Å². The molecule has 0 rings (SSSR count). The molecule has 0 aromatic carbocycles. The van der Waals surface area contributed by atoms with Crippen LogP contribution in [0.25, 0.3) is 0 Å². The first-order chi connectivity index (χ1) is 7.97. The van der Waals surface area contributed by atoms with E-state index in [1.807, 2.05) is 6.92 Å². The molecule has 0 fully saturated rings. The molecule has 1 atom stereocenters. The van der Waals surface area contributed by atoms with Crippen molar-refractivity contribution in [2.75, 3.05) is 0 Å². The van der Waals surface area contributed by atoms with Gasteiger partial charge in [-0.15, -0.1) is 0 Å². The van der Waals surface area contributed by atoms with Crippen molar-refractivity contribution in [3.8, 4) is 0 Å². The molecule has 98 valence electrons. The number of nitrogens with one attached hydrogen (secondary N) is 1. The minimum Gasteiger partial charge on any atom is -0.550 e. The maximum atomic E-state index is 11.3. The minimum atomic E-state index is -1.48. The second-order valence-corrected chi connectivity index (χ2v) is 3.81. The molecule has 0 radical (unpaired) electrons. The van der Waals surface area contributed by atoms with Crippen LogP contribution in [0.5, 0.6) is 0 Å². The van der Waals surface area contributed by atoms with Crippen LogP contribution in [-0.4, -0.2) is 23.9 Å². The van der Waals surface area contributed by atoms with Gasteiger partial charge in [0.15, 0.2) is 0 Å². The number of hydrogen-bond acceptors (Lipinski definition) is 5. The number of carbonyl (C=O) groups excluding carboxylic acids is 3. The van der Waals surface area contributed by atoms with E-state index >= 15 is 0 Å². The third-order valence-electron chi connectivity index (χ3n) is 2.26. The van der Waals surface area contributed by atoms with Crippen molar-refractivity contribution < 1.29 is 127 Å². The maximum absolute atomic E-state index is 11.3. The number of rotatable bonds is 9. The van der Waals surface area contributed by atoms with Crippen molar-refractivity contribution in [2.45, 2.75) is 51.5 Å². The Balaban J connectivity index is -0.00000128. The van der Waals surface area contributed by atoms with Gasteiger partial charge in [-0.25, -0.2) is 0 Å². The second-order valence-electron chi connectivity index (χ2n) is 3.81. The van der Waals surface area contributed by atoms with Crippen molar-refractivity contribution in [1.29, 1.82) is 0 Å². The van der Waals surface area contributed by atoms with Crippen LogP contribution >= 0.6 is 0 Å². The Bertz CT molecular complexity index is 286. The molecular weight excluding hydrogens is 304 g/mol. The van der Waals surface area contributed by atoms with Gasteiger partial charge in [0.05, 0.1) is 12.0 Å². The summed E-state index contributed by atoms with van der Waals surface area (Å²) in [5, 5.41) is 23.1. The SMILES string of the molecule is CCCCCC(=O)N[C@@H](CCC(=O)[O-])C(=O)[O-].[K+].[K+]. The summed E-state index contributed by atoms with van der Waals surface area (Å²) in [5.74, 6) is -3.22. The van der Waals surface area contributed by atoms with Crippen LogP contribution < -0.4 is 118 Å². The average molecular weight is 321 g/mol. The van der Waals surface area contributed by atoms with E-state index < -0.39 is 30.3 Å². The predicted octanol–water partition coefficient (Wildman–Crippen LogP) is -7.66. The van der Waals surface area contributed by atoms with Crippen molar-refractivity contribution >= 4 is 17.8 Å². The van der Waals surface area contributed by atoms with Crippen LogP contribution in [0.2, 0.25) is 0 Å². The Kier molecular flexibility index (Phi) is 21.7. The zero-order chi connectivity index (χ0) is 13.3. The molecule has 0 aliphatic rings. The summed E-state index contributed by atoms with van der Waals surface area (Å²) >= 11 is 0. The number of carboxylic acid groups (broad SMARTS) is 2. The molecule has 0 saturated heterocycles. The summed E-state index contributed by atoms with van der Waals surface area (Å²) in [5.41, 5.74) is 0. The Labute approximate surface area is 198 Å². The van der Waals surface area contributed by atoms with E-state index in [0.29, 0.717) is 6.42 Å². The van der Waals surface area contributed by atoms with Gasteiger partial charge in [0, 0.05) is 12.4 Å². The molecular formula is C11H17K2NO5. The van der Waals surface area contributed by atoms with Crippen LogP contribution in [0.4, 0.5) is 0 Å². The molecule has 1 N–H and O–H groups in total. The Morgan fingerprint density at radius 2 is 1.63 bits per heavy atom. The largest absolute Gasteiger partial charge is 1.00 e. The van der Waals surface area contributed by atoms with E-state index in [9.17, 15) is 24.6 Å². The predicted molar refractivity (Wildman–Crippen MR) is 55.3 cm³/mol. The van der Waals surface area contributed by atoms with E-state index in [0.717, 1.165) is 12.8 Å². The van der Waals surface area contributed by atoms with Crippen LogP contribution in [0.1, 0.15) is 45.4 Å². The Hall–Kier alpha value is 1.68. The van der Waals surface area contributed by atoms with Crippen LogP contribution in [0, 0.1) is 0 Å². The first kappa shape index (κ1) is 25.6. The Morgan fingerprint density at radius 1 is 1.05 bits per heavy atom. The van der Waals surface area contributed by atoms with Crippen molar-refractivity contribution in [3.63, 3.8) is 0 Å². The van der Waals surface area contributed by atoms with Gasteiger partial charge in [0.25, 0.3) is 0 Å². The average Bonchev–Trinajstić information content (AvgIpc) is 2.23. The fourth-order valence-electron chi connectivity index (χ4n) is 1.31. The number of carbonyl (C=O) groups is 3. The molecule has 0 unspecified atom stereocenters. The molecule has 0 aliphatic carbocycles. The number of aliphatic carboxylic acids is 2. The summed E-state index contributed by atoms with van der Waals surface area (Å²) in [6.07, 6.45) is 2.13. The van der Waals surface area contributed by atoms with E-state index in [1.54, 1.807) is 0 Å². The summed E-state index contributed by atoms with van der Waals surface area (Å²) in [7, 11) is 0. The number of carboxylic acids is 2. The molecule has 0 aliphatic heterocycles. The maximum Gasteiger partial charge on any atom is 1.00 e. The Morgan fingerprint density at radius 3 is 2.05 bits per heavy atom. The normalized spacial score (nSPS) is 10.6. The zero-order valence-electron chi connectivity index (χ0n) is 11.9. The molecule has 1 amide bonds. The molecule has 0 spiro atoms. The van der Waals surface area contributed by atoms with E-state index in [2.05, 4.69) is 5.32 Å². The summed E-state index contributed by atoms with van der Waals surface area (Å²) in [6, 6.07) is -1.26. The summed E-state index contributed by atoms with van der Waals surface area (Å²) in [6.45, 7) is 1.99. The summed E-state index contributed by atoms with van der Waals surface area (Å²) < 4.78 is 0. The quantitative estimate of drug-likeness (QED) is 0.335. The number of amides is 1. The first-order valence-electron chi connectivity index (χ1n) is 5.67. The van der Waals surface area contributed by atoms with E-state index in [1.165, 1.54) is 0 Å². The zero-order valence-corrected chi connectivity index (χ0v) is 18.1. The van der Waals surface area contributed by atoms with Crippen molar-refractivity contribution in [3.05, 3.63) is 0 Å². The molecule has 0 aromatic rings. The minimum absolute atomic E-state index is 0. The third kappa shape index (κ3) is 15.9. The fraction of sp³-hybridized carbons (Fsp3) is 0.727. The van der Waals surface area contributed by atoms with Crippen LogP contribution in [0.3, 0.4) is 0 Å². The van der Waals surface area contributed by atoms with E-state index in [-0.39, 0.29) is 116 Å². The second kappa shape index (κ2) is 16.1. The number of hydrogen-bond donors (Lipinski definition) is 1. The monoisotopic (exact) mass is 321 g/mol. The molecule has 6 nitrogen and oxygen atoms in total. The molecule has 19 heavy (non-hydrogen) atoms. The molecule has 0 bridgehead atoms. The summed E-state index contributed by atoms with van der Waals surface area (Å²) in [4.78, 5) is 32.1. The van der Waals surface area contributed by atoms with Gasteiger partial charge in [-0.05, 0) is 19.3 Å². The van der Waals surface area contributed by atoms with Gasteiger partial charge in [-0.1, -0.05) is 19.8 Å². The van der Waals surface area contributed by atoms with Crippen LogP contribution in [0.15, 0.2) is 0 Å².